The highest BCUT2D eigenvalue weighted by Gasteiger charge is 2.31. The number of morpholine rings is 1. The van der Waals surface area contributed by atoms with Crippen molar-refractivity contribution < 1.29 is 9.53 Å². The van der Waals surface area contributed by atoms with Crippen LogP contribution in [0.15, 0.2) is 30.3 Å². The zero-order valence-corrected chi connectivity index (χ0v) is 11.8. The van der Waals surface area contributed by atoms with Crippen LogP contribution in [-0.4, -0.2) is 43.2 Å². The van der Waals surface area contributed by atoms with E-state index < -0.39 is 0 Å². The van der Waals surface area contributed by atoms with Crippen LogP contribution < -0.4 is 5.32 Å². The number of amides is 1. The molecule has 4 heteroatoms. The van der Waals surface area contributed by atoms with E-state index in [0.29, 0.717) is 13.0 Å². The molecule has 1 N–H and O–H groups in total. The molecular formula is C16H22N2O2. The summed E-state index contributed by atoms with van der Waals surface area (Å²) >= 11 is 0. The summed E-state index contributed by atoms with van der Waals surface area (Å²) in [5.74, 6) is 0.249. The predicted molar refractivity (Wildman–Crippen MR) is 77.4 cm³/mol. The Morgan fingerprint density at radius 1 is 1.35 bits per heavy atom. The van der Waals surface area contributed by atoms with E-state index in [-0.39, 0.29) is 18.0 Å². The molecule has 1 amide bonds. The molecule has 2 atom stereocenters. The van der Waals surface area contributed by atoms with Gasteiger partial charge < -0.3 is 15.0 Å². The molecule has 4 nitrogen and oxygen atoms in total. The largest absolute Gasteiger partial charge is 0.378 e. The van der Waals surface area contributed by atoms with Gasteiger partial charge >= 0.3 is 0 Å². The molecule has 2 saturated heterocycles. The minimum absolute atomic E-state index is 0.174. The third-order valence-electron chi connectivity index (χ3n) is 4.18. The molecule has 0 aliphatic carbocycles. The van der Waals surface area contributed by atoms with E-state index in [1.165, 1.54) is 5.56 Å². The van der Waals surface area contributed by atoms with E-state index >= 15 is 0 Å². The Morgan fingerprint density at radius 3 is 2.95 bits per heavy atom. The average Bonchev–Trinajstić information content (AvgIpc) is 2.99. The number of nitrogens with one attached hydrogen (secondary N) is 1. The first kappa shape index (κ1) is 13.6. The van der Waals surface area contributed by atoms with Crippen molar-refractivity contribution in [3.8, 4) is 0 Å². The van der Waals surface area contributed by atoms with Crippen LogP contribution in [-0.2, 0) is 9.53 Å². The Bertz CT molecular complexity index is 443. The maximum absolute atomic E-state index is 12.5. The summed E-state index contributed by atoms with van der Waals surface area (Å²) in [4.78, 5) is 14.6. The van der Waals surface area contributed by atoms with Gasteiger partial charge in [0, 0.05) is 25.6 Å². The molecule has 1 aromatic rings. The highest BCUT2D eigenvalue weighted by atomic mass is 16.5. The molecule has 1 aromatic carbocycles. The van der Waals surface area contributed by atoms with E-state index in [4.69, 9.17) is 4.74 Å². The fraction of sp³-hybridized carbons (Fsp3) is 0.562. The molecular weight excluding hydrogens is 252 g/mol. The maximum atomic E-state index is 12.5. The van der Waals surface area contributed by atoms with Gasteiger partial charge in [0.05, 0.1) is 19.3 Å². The fourth-order valence-electron chi connectivity index (χ4n) is 3.17. The lowest BCUT2D eigenvalue weighted by atomic mass is 10.0. The summed E-state index contributed by atoms with van der Waals surface area (Å²) < 4.78 is 5.42. The van der Waals surface area contributed by atoms with E-state index in [1.807, 2.05) is 23.1 Å². The van der Waals surface area contributed by atoms with Crippen molar-refractivity contribution in [2.45, 2.75) is 31.3 Å². The van der Waals surface area contributed by atoms with Crippen molar-refractivity contribution in [2.24, 2.45) is 0 Å². The van der Waals surface area contributed by atoms with E-state index in [1.54, 1.807) is 0 Å². The van der Waals surface area contributed by atoms with Crippen LogP contribution in [0.5, 0.6) is 0 Å². The van der Waals surface area contributed by atoms with Gasteiger partial charge in [-0.15, -0.1) is 0 Å². The highest BCUT2D eigenvalue weighted by molar-refractivity contribution is 5.77. The molecule has 3 rings (SSSR count). The van der Waals surface area contributed by atoms with Gasteiger partial charge in [0.1, 0.15) is 0 Å². The SMILES string of the molecule is O=C(C[C@@H]1COCCN1)N1CCC[C@H]1c1ccccc1. The monoisotopic (exact) mass is 274 g/mol. The number of rotatable bonds is 3. The van der Waals surface area contributed by atoms with Crippen LogP contribution in [0.2, 0.25) is 0 Å². The normalized spacial score (nSPS) is 26.7. The Hall–Kier alpha value is -1.39. The van der Waals surface area contributed by atoms with Crippen molar-refractivity contribution in [1.29, 1.82) is 0 Å². The van der Waals surface area contributed by atoms with Crippen molar-refractivity contribution in [3.63, 3.8) is 0 Å². The first-order chi connectivity index (χ1) is 9.84. The Labute approximate surface area is 120 Å². The molecule has 0 aromatic heterocycles. The topological polar surface area (TPSA) is 41.6 Å². The van der Waals surface area contributed by atoms with Gasteiger partial charge in [0.2, 0.25) is 5.91 Å². The number of nitrogens with zero attached hydrogens (tertiary/aromatic N) is 1. The van der Waals surface area contributed by atoms with Crippen LogP contribution in [0, 0.1) is 0 Å². The second-order valence-electron chi connectivity index (χ2n) is 5.59. The molecule has 0 spiro atoms. The summed E-state index contributed by atoms with van der Waals surface area (Å²) in [6.07, 6.45) is 2.72. The van der Waals surface area contributed by atoms with Gasteiger partial charge in [-0.3, -0.25) is 4.79 Å². The second-order valence-corrected chi connectivity index (χ2v) is 5.59. The average molecular weight is 274 g/mol. The third kappa shape index (κ3) is 3.02. The zero-order chi connectivity index (χ0) is 13.8. The molecule has 0 saturated carbocycles. The quantitative estimate of drug-likeness (QED) is 0.912. The van der Waals surface area contributed by atoms with Crippen molar-refractivity contribution in [3.05, 3.63) is 35.9 Å². The number of carbonyl (C=O) groups excluding carboxylic acids is 1. The smallest absolute Gasteiger partial charge is 0.224 e. The van der Waals surface area contributed by atoms with Crippen LogP contribution in [0.4, 0.5) is 0 Å². The predicted octanol–water partition coefficient (Wildman–Crippen LogP) is 1.73. The minimum atomic E-state index is 0.174. The minimum Gasteiger partial charge on any atom is -0.378 e. The van der Waals surface area contributed by atoms with Crippen LogP contribution in [0.25, 0.3) is 0 Å². The molecule has 2 aliphatic rings. The maximum Gasteiger partial charge on any atom is 0.224 e. The Balaban J connectivity index is 1.64. The van der Waals surface area contributed by atoms with Gasteiger partial charge in [0.15, 0.2) is 0 Å². The molecule has 0 unspecified atom stereocenters. The van der Waals surface area contributed by atoms with Crippen molar-refractivity contribution >= 4 is 5.91 Å². The van der Waals surface area contributed by atoms with Crippen LogP contribution in [0.1, 0.15) is 30.9 Å². The summed E-state index contributed by atoms with van der Waals surface area (Å²) in [7, 11) is 0. The zero-order valence-electron chi connectivity index (χ0n) is 11.8. The summed E-state index contributed by atoms with van der Waals surface area (Å²) in [6.45, 7) is 3.13. The van der Waals surface area contributed by atoms with Crippen molar-refractivity contribution in [1.82, 2.24) is 10.2 Å². The van der Waals surface area contributed by atoms with Crippen LogP contribution in [0.3, 0.4) is 0 Å². The Morgan fingerprint density at radius 2 is 2.20 bits per heavy atom. The third-order valence-corrected chi connectivity index (χ3v) is 4.18. The number of hydrogen-bond acceptors (Lipinski definition) is 3. The van der Waals surface area contributed by atoms with Gasteiger partial charge in [-0.2, -0.15) is 0 Å². The second kappa shape index (κ2) is 6.37. The van der Waals surface area contributed by atoms with E-state index in [0.717, 1.165) is 32.5 Å². The number of carbonyl (C=O) groups is 1. The number of ether oxygens (including phenoxy) is 1. The summed E-state index contributed by atoms with van der Waals surface area (Å²) in [6, 6.07) is 10.8. The molecule has 2 aliphatic heterocycles. The molecule has 0 radical (unpaired) electrons. The number of benzene rings is 1. The molecule has 2 heterocycles. The standard InChI is InChI=1S/C16H22N2O2/c19-16(11-14-12-20-10-8-17-14)18-9-4-7-15(18)13-5-2-1-3-6-13/h1-3,5-6,14-15,17H,4,7-12H2/t14-,15+/m1/s1. The van der Waals surface area contributed by atoms with Crippen molar-refractivity contribution in [2.75, 3.05) is 26.3 Å². The lowest BCUT2D eigenvalue weighted by Gasteiger charge is -2.29. The first-order valence-electron chi connectivity index (χ1n) is 7.50. The van der Waals surface area contributed by atoms with Gasteiger partial charge in [-0.25, -0.2) is 0 Å². The molecule has 2 fully saturated rings. The van der Waals surface area contributed by atoms with E-state index in [2.05, 4.69) is 17.4 Å². The fourth-order valence-corrected chi connectivity index (χ4v) is 3.17. The van der Waals surface area contributed by atoms with Gasteiger partial charge in [0.25, 0.3) is 0 Å². The summed E-state index contributed by atoms with van der Waals surface area (Å²) in [5, 5.41) is 3.36. The molecule has 20 heavy (non-hydrogen) atoms. The molecule has 0 bridgehead atoms. The first-order valence-corrected chi connectivity index (χ1v) is 7.50. The molecule has 108 valence electrons. The number of hydrogen-bond donors (Lipinski definition) is 1. The summed E-state index contributed by atoms with van der Waals surface area (Å²) in [5.41, 5.74) is 1.26. The lowest BCUT2D eigenvalue weighted by molar-refractivity contribution is -0.133. The van der Waals surface area contributed by atoms with Gasteiger partial charge in [-0.1, -0.05) is 30.3 Å². The van der Waals surface area contributed by atoms with E-state index in [9.17, 15) is 4.79 Å². The van der Waals surface area contributed by atoms with Crippen LogP contribution >= 0.6 is 0 Å². The highest BCUT2D eigenvalue weighted by Crippen LogP contribution is 2.32. The Kier molecular flexibility index (Phi) is 4.33. The number of likely N-dealkylation sites (tertiary alicyclic amines) is 1. The lowest BCUT2D eigenvalue weighted by Crippen LogP contribution is -2.45. The van der Waals surface area contributed by atoms with Gasteiger partial charge in [-0.05, 0) is 18.4 Å².